The monoisotopic (exact) mass is 290 g/mol. The third kappa shape index (κ3) is 3.63. The second kappa shape index (κ2) is 6.58. The summed E-state index contributed by atoms with van der Waals surface area (Å²) in [5, 5.41) is 9.74. The zero-order valence-electron chi connectivity index (χ0n) is 13.2. The molecule has 1 atom stereocenters. The number of rotatable bonds is 5. The Morgan fingerprint density at radius 3 is 2.43 bits per heavy atom. The molecule has 0 saturated carbocycles. The maximum atomic E-state index is 11.9. The molecule has 4 heteroatoms. The van der Waals surface area contributed by atoms with Crippen LogP contribution >= 0.6 is 0 Å². The Hall–Kier alpha value is -1.39. The summed E-state index contributed by atoms with van der Waals surface area (Å²) in [5.41, 5.74) is 0.0107. The first-order valence-corrected chi connectivity index (χ1v) is 7.61. The van der Waals surface area contributed by atoms with Gasteiger partial charge in [-0.25, -0.2) is 0 Å². The van der Waals surface area contributed by atoms with Crippen molar-refractivity contribution in [2.45, 2.75) is 31.2 Å². The molecule has 1 aliphatic heterocycles. The van der Waals surface area contributed by atoms with Crippen LogP contribution < -0.4 is 0 Å². The van der Waals surface area contributed by atoms with Crippen LogP contribution in [0, 0.1) is 0 Å². The van der Waals surface area contributed by atoms with Gasteiger partial charge in [0.1, 0.15) is 5.41 Å². The summed E-state index contributed by atoms with van der Waals surface area (Å²) in [6, 6.07) is 10.0. The van der Waals surface area contributed by atoms with Crippen molar-refractivity contribution in [2.24, 2.45) is 0 Å². The number of nitrogens with zero attached hydrogens (tertiary/aromatic N) is 2. The molecular weight excluding hydrogens is 264 g/mol. The van der Waals surface area contributed by atoms with E-state index in [1.807, 2.05) is 37.3 Å². The van der Waals surface area contributed by atoms with E-state index in [1.165, 1.54) is 0 Å². The van der Waals surface area contributed by atoms with Crippen molar-refractivity contribution in [3.8, 4) is 0 Å². The predicted molar refractivity (Wildman–Crippen MR) is 84.6 cm³/mol. The van der Waals surface area contributed by atoms with Crippen molar-refractivity contribution in [1.29, 1.82) is 0 Å². The molecule has 116 valence electrons. The molecule has 0 bridgehead atoms. The summed E-state index contributed by atoms with van der Waals surface area (Å²) in [7, 11) is 4.20. The first-order valence-electron chi connectivity index (χ1n) is 7.61. The quantitative estimate of drug-likeness (QED) is 0.901. The van der Waals surface area contributed by atoms with E-state index < -0.39 is 11.4 Å². The van der Waals surface area contributed by atoms with Crippen molar-refractivity contribution in [3.05, 3.63) is 35.9 Å². The van der Waals surface area contributed by atoms with Gasteiger partial charge in [0.05, 0.1) is 0 Å². The van der Waals surface area contributed by atoms with Gasteiger partial charge in [-0.1, -0.05) is 30.3 Å². The number of likely N-dealkylation sites (N-methyl/N-ethyl adjacent to an activating group) is 1. The predicted octanol–water partition coefficient (Wildman–Crippen LogP) is 2.05. The van der Waals surface area contributed by atoms with Gasteiger partial charge >= 0.3 is 5.97 Å². The number of likely N-dealkylation sites (tertiary alicyclic amines) is 1. The maximum absolute atomic E-state index is 11.9. The lowest BCUT2D eigenvalue weighted by Crippen LogP contribution is -2.49. The number of hydrogen-bond acceptors (Lipinski definition) is 3. The van der Waals surface area contributed by atoms with Crippen LogP contribution in [0.3, 0.4) is 0 Å². The Morgan fingerprint density at radius 1 is 1.33 bits per heavy atom. The van der Waals surface area contributed by atoms with Crippen LogP contribution in [-0.2, 0) is 10.2 Å². The maximum Gasteiger partial charge on any atom is 0.315 e. The summed E-state index contributed by atoms with van der Waals surface area (Å²) in [4.78, 5) is 16.4. The second-order valence-corrected chi connectivity index (χ2v) is 6.45. The molecule has 4 nitrogen and oxygen atoms in total. The highest BCUT2D eigenvalue weighted by molar-refractivity contribution is 5.81. The standard InChI is InChI=1S/C17H26N2O2/c1-17(16(20)21,14-7-5-4-6-8-14)13-19(3)15-9-11-18(2)12-10-15/h4-8,15H,9-13H2,1-3H3,(H,20,21). The number of carboxylic acids is 1. The molecule has 1 saturated heterocycles. The van der Waals surface area contributed by atoms with E-state index in [0.717, 1.165) is 31.5 Å². The molecule has 0 aliphatic carbocycles. The Balaban J connectivity index is 2.11. The minimum Gasteiger partial charge on any atom is -0.481 e. The van der Waals surface area contributed by atoms with Crippen molar-refractivity contribution in [2.75, 3.05) is 33.7 Å². The van der Waals surface area contributed by atoms with Gasteiger partial charge in [-0.05, 0) is 52.5 Å². The van der Waals surface area contributed by atoms with Gasteiger partial charge in [0.25, 0.3) is 0 Å². The summed E-state index contributed by atoms with van der Waals surface area (Å²) >= 11 is 0. The van der Waals surface area contributed by atoms with Crippen molar-refractivity contribution in [3.63, 3.8) is 0 Å². The van der Waals surface area contributed by atoms with E-state index in [-0.39, 0.29) is 0 Å². The molecule has 1 aromatic rings. The smallest absolute Gasteiger partial charge is 0.315 e. The summed E-state index contributed by atoms with van der Waals surface area (Å²) < 4.78 is 0. The van der Waals surface area contributed by atoms with E-state index in [1.54, 1.807) is 0 Å². The first-order chi connectivity index (χ1) is 9.93. The fraction of sp³-hybridized carbons (Fsp3) is 0.588. The molecule has 0 amide bonds. The van der Waals surface area contributed by atoms with Crippen molar-refractivity contribution < 1.29 is 9.90 Å². The average Bonchev–Trinajstić information content (AvgIpc) is 2.48. The third-order valence-corrected chi connectivity index (χ3v) is 4.76. The minimum absolute atomic E-state index is 0.476. The van der Waals surface area contributed by atoms with Gasteiger partial charge in [-0.15, -0.1) is 0 Å². The third-order valence-electron chi connectivity index (χ3n) is 4.76. The Labute approximate surface area is 127 Å². The zero-order valence-corrected chi connectivity index (χ0v) is 13.2. The molecule has 2 rings (SSSR count). The molecule has 1 heterocycles. The van der Waals surface area contributed by atoms with Gasteiger partial charge in [-0.2, -0.15) is 0 Å². The van der Waals surface area contributed by atoms with Crippen LogP contribution in [-0.4, -0.2) is 60.6 Å². The summed E-state index contributed by atoms with van der Waals surface area (Å²) in [6.07, 6.45) is 2.22. The lowest BCUT2D eigenvalue weighted by molar-refractivity contribution is -0.144. The lowest BCUT2D eigenvalue weighted by atomic mass is 9.81. The van der Waals surface area contributed by atoms with Crippen LogP contribution in [0.25, 0.3) is 0 Å². The van der Waals surface area contributed by atoms with Crippen LogP contribution in [0.5, 0.6) is 0 Å². The van der Waals surface area contributed by atoms with Crippen LogP contribution in [0.2, 0.25) is 0 Å². The SMILES string of the molecule is CN1CCC(N(C)CC(C)(C(=O)O)c2ccccc2)CC1. The number of benzene rings is 1. The molecule has 1 aromatic carbocycles. The Kier molecular flexibility index (Phi) is 5.01. The molecule has 0 radical (unpaired) electrons. The molecule has 1 unspecified atom stereocenters. The second-order valence-electron chi connectivity index (χ2n) is 6.45. The number of carbonyl (C=O) groups is 1. The summed E-state index contributed by atoms with van der Waals surface area (Å²) in [6.45, 7) is 4.55. The molecule has 1 fully saturated rings. The number of aliphatic carboxylic acids is 1. The van der Waals surface area contributed by atoms with E-state index in [0.29, 0.717) is 12.6 Å². The fourth-order valence-corrected chi connectivity index (χ4v) is 3.15. The molecule has 1 N–H and O–H groups in total. The number of carboxylic acid groups (broad SMARTS) is 1. The molecule has 21 heavy (non-hydrogen) atoms. The lowest BCUT2D eigenvalue weighted by Gasteiger charge is -2.39. The molecule has 1 aliphatic rings. The number of hydrogen-bond donors (Lipinski definition) is 1. The van der Waals surface area contributed by atoms with Crippen molar-refractivity contribution in [1.82, 2.24) is 9.80 Å². The van der Waals surface area contributed by atoms with Crippen LogP contribution in [0.1, 0.15) is 25.3 Å². The highest BCUT2D eigenvalue weighted by Gasteiger charge is 2.37. The van der Waals surface area contributed by atoms with E-state index in [2.05, 4.69) is 23.9 Å². The largest absolute Gasteiger partial charge is 0.481 e. The van der Waals surface area contributed by atoms with Gasteiger partial charge in [0.2, 0.25) is 0 Å². The molecule has 0 aromatic heterocycles. The van der Waals surface area contributed by atoms with Crippen LogP contribution in [0.15, 0.2) is 30.3 Å². The topological polar surface area (TPSA) is 43.8 Å². The van der Waals surface area contributed by atoms with Gasteiger partial charge in [0.15, 0.2) is 0 Å². The highest BCUT2D eigenvalue weighted by Crippen LogP contribution is 2.27. The normalized spacial score (nSPS) is 20.4. The van der Waals surface area contributed by atoms with Crippen molar-refractivity contribution >= 4 is 5.97 Å². The van der Waals surface area contributed by atoms with Crippen LogP contribution in [0.4, 0.5) is 0 Å². The summed E-state index contributed by atoms with van der Waals surface area (Å²) in [5.74, 6) is -0.756. The van der Waals surface area contributed by atoms with Gasteiger partial charge in [0, 0.05) is 12.6 Å². The van der Waals surface area contributed by atoms with Gasteiger partial charge in [-0.3, -0.25) is 4.79 Å². The number of piperidine rings is 1. The Bertz CT molecular complexity index is 469. The average molecular weight is 290 g/mol. The highest BCUT2D eigenvalue weighted by atomic mass is 16.4. The zero-order chi connectivity index (χ0) is 15.5. The molecular formula is C17H26N2O2. The van der Waals surface area contributed by atoms with Gasteiger partial charge < -0.3 is 14.9 Å². The first kappa shape index (κ1) is 16.0. The molecule has 0 spiro atoms. The fourth-order valence-electron chi connectivity index (χ4n) is 3.15. The van der Waals surface area contributed by atoms with E-state index >= 15 is 0 Å². The van der Waals surface area contributed by atoms with E-state index in [9.17, 15) is 9.90 Å². The van der Waals surface area contributed by atoms with E-state index in [4.69, 9.17) is 0 Å². The Morgan fingerprint density at radius 2 is 1.90 bits per heavy atom. The minimum atomic E-state index is -0.862.